The van der Waals surface area contributed by atoms with Gasteiger partial charge >= 0.3 is 0 Å². The van der Waals surface area contributed by atoms with Gasteiger partial charge in [-0.1, -0.05) is 6.92 Å². The van der Waals surface area contributed by atoms with Crippen molar-refractivity contribution < 1.29 is 4.79 Å². The van der Waals surface area contributed by atoms with Crippen LogP contribution in [-0.4, -0.2) is 15.9 Å². The summed E-state index contributed by atoms with van der Waals surface area (Å²) in [4.78, 5) is 20.2. The van der Waals surface area contributed by atoms with Gasteiger partial charge in [0.2, 0.25) is 5.91 Å². The second-order valence-electron chi connectivity index (χ2n) is 5.27. The van der Waals surface area contributed by atoms with Crippen molar-refractivity contribution in [2.45, 2.75) is 19.8 Å². The first-order valence-electron chi connectivity index (χ1n) is 7.77. The number of hydrogen-bond donors (Lipinski definition) is 2. The Morgan fingerprint density at radius 1 is 1.08 bits per heavy atom. The van der Waals surface area contributed by atoms with Gasteiger partial charge < -0.3 is 10.6 Å². The monoisotopic (exact) mass is 338 g/mol. The summed E-state index contributed by atoms with van der Waals surface area (Å²) in [5, 5.41) is 8.99. The number of benzene rings is 1. The van der Waals surface area contributed by atoms with Gasteiger partial charge in [-0.25, -0.2) is 4.98 Å². The van der Waals surface area contributed by atoms with Gasteiger partial charge in [0, 0.05) is 41.1 Å². The van der Waals surface area contributed by atoms with Crippen molar-refractivity contribution in [3.8, 4) is 11.3 Å². The molecule has 3 aromatic rings. The van der Waals surface area contributed by atoms with Crippen molar-refractivity contribution in [2.24, 2.45) is 0 Å². The van der Waals surface area contributed by atoms with Crippen LogP contribution in [0.25, 0.3) is 11.3 Å². The first kappa shape index (κ1) is 16.1. The molecule has 0 atom stereocenters. The van der Waals surface area contributed by atoms with Crippen molar-refractivity contribution in [3.63, 3.8) is 0 Å². The van der Waals surface area contributed by atoms with Crippen LogP contribution < -0.4 is 10.6 Å². The van der Waals surface area contributed by atoms with Gasteiger partial charge in [-0.05, 0) is 42.8 Å². The Labute approximate surface area is 144 Å². The fourth-order valence-corrected chi connectivity index (χ4v) is 2.94. The molecule has 1 amide bonds. The number of rotatable bonds is 6. The third-order valence-corrected chi connectivity index (χ3v) is 4.13. The molecule has 6 heteroatoms. The number of carbonyl (C=O) groups excluding carboxylic acids is 1. The Hall–Kier alpha value is -2.73. The standard InChI is InChI=1S/C18H18N4OS/c1-2-3-17(23)20-14-4-6-15(7-5-14)21-18-22-16(12-24-18)13-8-10-19-11-9-13/h4-12H,2-3H2,1H3,(H,20,23)(H,21,22). The summed E-state index contributed by atoms with van der Waals surface area (Å²) in [7, 11) is 0. The van der Waals surface area contributed by atoms with Crippen LogP contribution in [0.15, 0.2) is 54.2 Å². The molecule has 0 saturated carbocycles. The van der Waals surface area contributed by atoms with E-state index < -0.39 is 0 Å². The molecule has 0 bridgehead atoms. The van der Waals surface area contributed by atoms with Crippen molar-refractivity contribution in [3.05, 3.63) is 54.2 Å². The largest absolute Gasteiger partial charge is 0.332 e. The summed E-state index contributed by atoms with van der Waals surface area (Å²) in [6.45, 7) is 1.99. The summed E-state index contributed by atoms with van der Waals surface area (Å²) in [6, 6.07) is 11.5. The average Bonchev–Trinajstić information content (AvgIpc) is 3.06. The Balaban J connectivity index is 1.64. The lowest BCUT2D eigenvalue weighted by atomic mass is 10.2. The van der Waals surface area contributed by atoms with Gasteiger partial charge in [-0.2, -0.15) is 0 Å². The summed E-state index contributed by atoms with van der Waals surface area (Å²) in [5.41, 5.74) is 3.70. The number of carbonyl (C=O) groups is 1. The highest BCUT2D eigenvalue weighted by Crippen LogP contribution is 2.27. The van der Waals surface area contributed by atoms with Crippen LogP contribution in [0.3, 0.4) is 0 Å². The molecule has 5 nitrogen and oxygen atoms in total. The number of nitrogens with one attached hydrogen (secondary N) is 2. The third kappa shape index (κ3) is 4.17. The first-order chi connectivity index (χ1) is 11.7. The maximum Gasteiger partial charge on any atom is 0.224 e. The molecular formula is C18H18N4OS. The second kappa shape index (κ2) is 7.70. The fraction of sp³-hybridized carbons (Fsp3) is 0.167. The molecule has 0 radical (unpaired) electrons. The molecule has 0 spiro atoms. The molecule has 2 heterocycles. The van der Waals surface area contributed by atoms with Crippen LogP contribution in [0.1, 0.15) is 19.8 Å². The van der Waals surface area contributed by atoms with E-state index in [1.807, 2.05) is 48.7 Å². The molecule has 0 fully saturated rings. The summed E-state index contributed by atoms with van der Waals surface area (Å²) < 4.78 is 0. The molecule has 0 aliphatic carbocycles. The van der Waals surface area contributed by atoms with Gasteiger partial charge in [-0.15, -0.1) is 11.3 Å². The number of pyridine rings is 1. The molecule has 0 unspecified atom stereocenters. The molecule has 1 aromatic carbocycles. The highest BCUT2D eigenvalue weighted by molar-refractivity contribution is 7.14. The number of aromatic nitrogens is 2. The third-order valence-electron chi connectivity index (χ3n) is 3.38. The molecule has 0 saturated heterocycles. The molecular weight excluding hydrogens is 320 g/mol. The van der Waals surface area contributed by atoms with E-state index in [2.05, 4.69) is 20.6 Å². The molecule has 2 aromatic heterocycles. The van der Waals surface area contributed by atoms with E-state index in [0.29, 0.717) is 6.42 Å². The van der Waals surface area contributed by atoms with Crippen LogP contribution in [-0.2, 0) is 4.79 Å². The lowest BCUT2D eigenvalue weighted by Gasteiger charge is -2.06. The quantitative estimate of drug-likeness (QED) is 0.684. The Bertz CT molecular complexity index is 799. The maximum absolute atomic E-state index is 11.6. The first-order valence-corrected chi connectivity index (χ1v) is 8.65. The molecule has 24 heavy (non-hydrogen) atoms. The number of amides is 1. The Morgan fingerprint density at radius 2 is 1.79 bits per heavy atom. The van der Waals surface area contributed by atoms with E-state index in [0.717, 1.165) is 34.2 Å². The lowest BCUT2D eigenvalue weighted by molar-refractivity contribution is -0.116. The van der Waals surface area contributed by atoms with Crippen LogP contribution in [0.2, 0.25) is 0 Å². The van der Waals surface area contributed by atoms with E-state index in [1.54, 1.807) is 23.7 Å². The molecule has 0 aliphatic heterocycles. The normalized spacial score (nSPS) is 10.4. The summed E-state index contributed by atoms with van der Waals surface area (Å²) in [5.74, 6) is 0.0418. The van der Waals surface area contributed by atoms with Crippen molar-refractivity contribution in [1.29, 1.82) is 0 Å². The van der Waals surface area contributed by atoms with Crippen LogP contribution in [0.4, 0.5) is 16.5 Å². The van der Waals surface area contributed by atoms with E-state index in [-0.39, 0.29) is 5.91 Å². The maximum atomic E-state index is 11.6. The molecule has 0 aliphatic rings. The van der Waals surface area contributed by atoms with Crippen LogP contribution >= 0.6 is 11.3 Å². The van der Waals surface area contributed by atoms with Gasteiger partial charge in [0.1, 0.15) is 0 Å². The summed E-state index contributed by atoms with van der Waals surface area (Å²) in [6.07, 6.45) is 4.90. The minimum atomic E-state index is 0.0418. The number of nitrogens with zero attached hydrogens (tertiary/aromatic N) is 2. The average molecular weight is 338 g/mol. The van der Waals surface area contributed by atoms with Crippen molar-refractivity contribution >= 4 is 33.8 Å². The highest BCUT2D eigenvalue weighted by Gasteiger charge is 2.05. The van der Waals surface area contributed by atoms with Crippen molar-refractivity contribution in [2.75, 3.05) is 10.6 Å². The number of thiazole rings is 1. The zero-order valence-corrected chi connectivity index (χ0v) is 14.1. The van der Waals surface area contributed by atoms with Gasteiger partial charge in [-0.3, -0.25) is 9.78 Å². The van der Waals surface area contributed by atoms with Gasteiger partial charge in [0.25, 0.3) is 0 Å². The van der Waals surface area contributed by atoms with E-state index in [9.17, 15) is 4.79 Å². The fourth-order valence-electron chi connectivity index (χ4n) is 2.20. The highest BCUT2D eigenvalue weighted by atomic mass is 32.1. The predicted octanol–water partition coefficient (Wildman–Crippen LogP) is 4.69. The minimum Gasteiger partial charge on any atom is -0.332 e. The van der Waals surface area contributed by atoms with E-state index in [1.165, 1.54) is 0 Å². The second-order valence-corrected chi connectivity index (χ2v) is 6.13. The van der Waals surface area contributed by atoms with Gasteiger partial charge in [0.15, 0.2) is 5.13 Å². The molecule has 2 N–H and O–H groups in total. The molecule has 122 valence electrons. The van der Waals surface area contributed by atoms with Crippen LogP contribution in [0.5, 0.6) is 0 Å². The smallest absolute Gasteiger partial charge is 0.224 e. The lowest BCUT2D eigenvalue weighted by Crippen LogP contribution is -2.10. The Morgan fingerprint density at radius 3 is 2.50 bits per heavy atom. The Kier molecular flexibility index (Phi) is 5.18. The summed E-state index contributed by atoms with van der Waals surface area (Å²) >= 11 is 1.55. The zero-order chi connectivity index (χ0) is 16.8. The topological polar surface area (TPSA) is 66.9 Å². The van der Waals surface area contributed by atoms with E-state index in [4.69, 9.17) is 0 Å². The SMILES string of the molecule is CCCC(=O)Nc1ccc(Nc2nc(-c3ccncc3)cs2)cc1. The van der Waals surface area contributed by atoms with Crippen LogP contribution in [0, 0.1) is 0 Å². The number of anilines is 3. The van der Waals surface area contributed by atoms with Gasteiger partial charge in [0.05, 0.1) is 5.69 Å². The number of hydrogen-bond acceptors (Lipinski definition) is 5. The molecule has 3 rings (SSSR count). The van der Waals surface area contributed by atoms with E-state index >= 15 is 0 Å². The predicted molar refractivity (Wildman–Crippen MR) is 98.6 cm³/mol. The minimum absolute atomic E-state index is 0.0418. The van der Waals surface area contributed by atoms with Crippen molar-refractivity contribution in [1.82, 2.24) is 9.97 Å². The zero-order valence-electron chi connectivity index (χ0n) is 13.3.